The topological polar surface area (TPSA) is 66.8 Å². The van der Waals surface area contributed by atoms with E-state index in [0.717, 1.165) is 10.4 Å². The molecule has 4 rings (SSSR count). The van der Waals surface area contributed by atoms with Crippen molar-refractivity contribution in [3.05, 3.63) is 87.6 Å². The molecule has 2 aromatic carbocycles. The van der Waals surface area contributed by atoms with Crippen LogP contribution in [0.5, 0.6) is 5.75 Å². The van der Waals surface area contributed by atoms with Gasteiger partial charge < -0.3 is 9.84 Å². The second-order valence-corrected chi connectivity index (χ2v) is 7.73. The molecule has 5 nitrogen and oxygen atoms in total. The van der Waals surface area contributed by atoms with Crippen molar-refractivity contribution in [2.45, 2.75) is 13.0 Å². The highest BCUT2D eigenvalue weighted by molar-refractivity contribution is 7.10. The van der Waals surface area contributed by atoms with E-state index in [4.69, 9.17) is 4.74 Å². The Morgan fingerprint density at radius 1 is 1.07 bits per heavy atom. The van der Waals surface area contributed by atoms with Gasteiger partial charge in [0.2, 0.25) is 0 Å². The Morgan fingerprint density at radius 2 is 1.86 bits per heavy atom. The van der Waals surface area contributed by atoms with Crippen LogP contribution in [-0.2, 0) is 9.59 Å². The van der Waals surface area contributed by atoms with Gasteiger partial charge in [-0.05, 0) is 48.2 Å². The normalized spacial score (nSPS) is 18.3. The van der Waals surface area contributed by atoms with Crippen molar-refractivity contribution in [2.24, 2.45) is 0 Å². The van der Waals surface area contributed by atoms with Crippen LogP contribution < -0.4 is 9.64 Å². The van der Waals surface area contributed by atoms with Gasteiger partial charge in [-0.1, -0.05) is 30.3 Å². The number of amides is 1. The number of Topliss-reactive ketones (excluding diaryl/α,β-unsaturated/α-hetero) is 1. The number of rotatable bonds is 4. The van der Waals surface area contributed by atoms with Crippen LogP contribution in [-0.4, -0.2) is 23.9 Å². The molecule has 0 spiro atoms. The maximum absolute atomic E-state index is 13.0. The van der Waals surface area contributed by atoms with Gasteiger partial charge in [0.25, 0.3) is 11.7 Å². The Balaban J connectivity index is 1.93. The molecule has 1 aliphatic heterocycles. The molecule has 1 N–H and O–H groups in total. The van der Waals surface area contributed by atoms with Gasteiger partial charge in [0, 0.05) is 16.1 Å². The minimum absolute atomic E-state index is 0.0761. The first kappa shape index (κ1) is 19.0. The molecule has 0 aliphatic carbocycles. The van der Waals surface area contributed by atoms with E-state index in [1.54, 1.807) is 30.3 Å². The van der Waals surface area contributed by atoms with Crippen LogP contribution in [0.2, 0.25) is 0 Å². The summed E-state index contributed by atoms with van der Waals surface area (Å²) in [6.45, 7) is 1.93. The largest absolute Gasteiger partial charge is 0.507 e. The fraction of sp³-hybridized carbons (Fsp3) is 0.130. The van der Waals surface area contributed by atoms with Crippen molar-refractivity contribution in [3.8, 4) is 5.75 Å². The van der Waals surface area contributed by atoms with Crippen LogP contribution in [0.3, 0.4) is 0 Å². The number of ether oxygens (including phenoxy) is 1. The van der Waals surface area contributed by atoms with E-state index in [1.165, 1.54) is 23.3 Å². The molecule has 0 radical (unpaired) electrons. The van der Waals surface area contributed by atoms with E-state index in [1.807, 2.05) is 42.6 Å². The molecule has 1 amide bonds. The summed E-state index contributed by atoms with van der Waals surface area (Å²) in [5.41, 5.74) is 2.10. The quantitative estimate of drug-likeness (QED) is 0.388. The second-order valence-electron chi connectivity index (χ2n) is 6.76. The number of aliphatic hydroxyl groups excluding tert-OH is 1. The molecule has 0 bridgehead atoms. The summed E-state index contributed by atoms with van der Waals surface area (Å²) < 4.78 is 5.22. The van der Waals surface area contributed by atoms with Crippen molar-refractivity contribution >= 4 is 34.5 Å². The van der Waals surface area contributed by atoms with E-state index in [9.17, 15) is 14.7 Å². The number of hydrogen-bond donors (Lipinski definition) is 1. The lowest BCUT2D eigenvalue weighted by atomic mass is 9.99. The first-order valence-electron chi connectivity index (χ1n) is 9.06. The zero-order valence-corrected chi connectivity index (χ0v) is 16.8. The van der Waals surface area contributed by atoms with E-state index in [-0.39, 0.29) is 11.3 Å². The molecule has 2 heterocycles. The summed E-state index contributed by atoms with van der Waals surface area (Å²) in [4.78, 5) is 28.3. The third kappa shape index (κ3) is 3.32. The maximum atomic E-state index is 13.0. The number of methoxy groups -OCH3 is 1. The van der Waals surface area contributed by atoms with Gasteiger partial charge in [-0.3, -0.25) is 14.5 Å². The third-order valence-corrected chi connectivity index (χ3v) is 5.80. The molecule has 29 heavy (non-hydrogen) atoms. The number of carbonyl (C=O) groups is 2. The van der Waals surface area contributed by atoms with Gasteiger partial charge >= 0.3 is 0 Å². The number of ketones is 1. The van der Waals surface area contributed by atoms with Crippen LogP contribution in [0.4, 0.5) is 5.69 Å². The van der Waals surface area contributed by atoms with Crippen LogP contribution in [0, 0.1) is 6.92 Å². The number of benzene rings is 2. The molecule has 1 fully saturated rings. The minimum Gasteiger partial charge on any atom is -0.507 e. The summed E-state index contributed by atoms with van der Waals surface area (Å²) in [5, 5.41) is 12.9. The van der Waals surface area contributed by atoms with E-state index in [0.29, 0.717) is 17.0 Å². The summed E-state index contributed by atoms with van der Waals surface area (Å²) in [5.74, 6) is -1.02. The molecule has 1 aromatic heterocycles. The van der Waals surface area contributed by atoms with Crippen LogP contribution in [0.1, 0.15) is 22.0 Å². The van der Waals surface area contributed by atoms with Crippen molar-refractivity contribution in [2.75, 3.05) is 12.0 Å². The van der Waals surface area contributed by atoms with Gasteiger partial charge in [-0.2, -0.15) is 0 Å². The molecule has 6 heteroatoms. The summed E-state index contributed by atoms with van der Waals surface area (Å²) in [7, 11) is 1.53. The van der Waals surface area contributed by atoms with E-state index < -0.39 is 17.7 Å². The van der Waals surface area contributed by atoms with Crippen molar-refractivity contribution in [3.63, 3.8) is 0 Å². The molecule has 146 valence electrons. The first-order valence-corrected chi connectivity index (χ1v) is 9.94. The number of thiophene rings is 1. The van der Waals surface area contributed by atoms with E-state index in [2.05, 4.69) is 0 Å². The number of aliphatic hydroxyl groups is 1. The van der Waals surface area contributed by atoms with Crippen LogP contribution >= 0.6 is 11.3 Å². The lowest BCUT2D eigenvalue weighted by molar-refractivity contribution is -0.132. The number of aryl methyl sites for hydroxylation is 1. The zero-order valence-electron chi connectivity index (χ0n) is 16.0. The highest BCUT2D eigenvalue weighted by atomic mass is 32.1. The number of anilines is 1. The molecule has 1 saturated heterocycles. The van der Waals surface area contributed by atoms with Gasteiger partial charge in [0.1, 0.15) is 17.6 Å². The smallest absolute Gasteiger partial charge is 0.300 e. The van der Waals surface area contributed by atoms with Gasteiger partial charge in [-0.15, -0.1) is 11.3 Å². The SMILES string of the molecule is COc1cccc(/C(O)=C2/C(=O)C(=O)N(c3cccc(C)c3)C2c2cccs2)c1. The average molecular weight is 405 g/mol. The van der Waals surface area contributed by atoms with Crippen molar-refractivity contribution in [1.82, 2.24) is 0 Å². The lowest BCUT2D eigenvalue weighted by Gasteiger charge is -2.24. The first-order chi connectivity index (χ1) is 14.0. The van der Waals surface area contributed by atoms with Gasteiger partial charge in [0.05, 0.1) is 12.7 Å². The Kier molecular flexibility index (Phi) is 4.94. The van der Waals surface area contributed by atoms with Gasteiger partial charge in [0.15, 0.2) is 0 Å². The van der Waals surface area contributed by atoms with Gasteiger partial charge in [-0.25, -0.2) is 0 Å². The minimum atomic E-state index is -0.703. The molecule has 1 aliphatic rings. The zero-order chi connectivity index (χ0) is 20.5. The highest BCUT2D eigenvalue weighted by Crippen LogP contribution is 2.43. The third-order valence-electron chi connectivity index (χ3n) is 4.88. The summed E-state index contributed by atoms with van der Waals surface area (Å²) in [6.07, 6.45) is 0. The molecule has 1 unspecified atom stereocenters. The molecular formula is C23H19NO4S. The second kappa shape index (κ2) is 7.56. The maximum Gasteiger partial charge on any atom is 0.300 e. The van der Waals surface area contributed by atoms with Crippen molar-refractivity contribution in [1.29, 1.82) is 0 Å². The Morgan fingerprint density at radius 3 is 2.55 bits per heavy atom. The number of nitrogens with zero attached hydrogens (tertiary/aromatic N) is 1. The number of hydrogen-bond acceptors (Lipinski definition) is 5. The fourth-order valence-electron chi connectivity index (χ4n) is 3.52. The number of carbonyl (C=O) groups excluding carboxylic acids is 2. The molecule has 0 saturated carbocycles. The Bertz CT molecular complexity index is 1120. The van der Waals surface area contributed by atoms with Crippen molar-refractivity contribution < 1.29 is 19.4 Å². The molecule has 1 atom stereocenters. The standard InChI is InChI=1S/C23H19NO4S/c1-14-6-3-8-16(12-14)24-20(18-10-5-11-29-18)19(22(26)23(24)27)21(25)15-7-4-9-17(13-15)28-2/h3-13,20,25H,1-2H3/b21-19-. The van der Waals surface area contributed by atoms with Crippen LogP contribution in [0.15, 0.2) is 71.6 Å². The highest BCUT2D eigenvalue weighted by Gasteiger charge is 2.47. The summed E-state index contributed by atoms with van der Waals surface area (Å²) in [6, 6.07) is 17.3. The summed E-state index contributed by atoms with van der Waals surface area (Å²) >= 11 is 1.43. The average Bonchev–Trinajstić information content (AvgIpc) is 3.35. The Hall–Kier alpha value is -3.38. The lowest BCUT2D eigenvalue weighted by Crippen LogP contribution is -2.29. The predicted molar refractivity (Wildman–Crippen MR) is 113 cm³/mol. The van der Waals surface area contributed by atoms with E-state index >= 15 is 0 Å². The van der Waals surface area contributed by atoms with Crippen LogP contribution in [0.25, 0.3) is 5.76 Å². The molecule has 3 aromatic rings. The monoisotopic (exact) mass is 405 g/mol. The fourth-order valence-corrected chi connectivity index (χ4v) is 4.34. The Labute approximate surface area is 172 Å². The predicted octanol–water partition coefficient (Wildman–Crippen LogP) is 4.69. The molecular weight excluding hydrogens is 386 g/mol.